The number of hydroxylamine groups is 1. The van der Waals surface area contributed by atoms with Gasteiger partial charge in [-0.25, -0.2) is 4.79 Å². The second-order valence-corrected chi connectivity index (χ2v) is 5.16. The maximum Gasteiger partial charge on any atom is 0.431 e. The van der Waals surface area contributed by atoms with Crippen molar-refractivity contribution in [2.45, 2.75) is 26.4 Å². The van der Waals surface area contributed by atoms with Crippen molar-refractivity contribution in [1.29, 1.82) is 0 Å². The van der Waals surface area contributed by atoms with Crippen LogP contribution in [0.25, 0.3) is 0 Å². The molecular weight excluding hydrogens is 306 g/mol. The summed E-state index contributed by atoms with van der Waals surface area (Å²) in [6, 6.07) is 0. The van der Waals surface area contributed by atoms with Gasteiger partial charge in [-0.05, 0) is 20.8 Å². The van der Waals surface area contributed by atoms with E-state index >= 15 is 0 Å². The van der Waals surface area contributed by atoms with Crippen molar-refractivity contribution in [3.05, 3.63) is 0 Å². The Bertz CT molecular complexity index is 220. The van der Waals surface area contributed by atoms with E-state index < -0.39 is 11.7 Å². The predicted molar refractivity (Wildman–Crippen MR) is 70.8 cm³/mol. The van der Waals surface area contributed by atoms with Gasteiger partial charge in [0, 0.05) is 5.33 Å². The highest BCUT2D eigenvalue weighted by molar-refractivity contribution is 9.09. The van der Waals surface area contributed by atoms with Crippen LogP contribution in [0, 0.1) is 0 Å². The molecule has 0 aliphatic heterocycles. The molecule has 108 valence electrons. The minimum Gasteiger partial charge on any atom is -0.442 e. The Hall–Kier alpha value is -0.370. The number of hydrogen-bond donors (Lipinski definition) is 1. The molecule has 0 radical (unpaired) electrons. The van der Waals surface area contributed by atoms with E-state index in [4.69, 9.17) is 19.0 Å². The van der Waals surface area contributed by atoms with E-state index in [2.05, 4.69) is 21.4 Å². The molecule has 0 rings (SSSR count). The van der Waals surface area contributed by atoms with Crippen LogP contribution in [0.1, 0.15) is 20.8 Å². The highest BCUT2D eigenvalue weighted by atomic mass is 79.9. The summed E-state index contributed by atoms with van der Waals surface area (Å²) in [7, 11) is 0. The highest BCUT2D eigenvalue weighted by Gasteiger charge is 2.15. The Balaban J connectivity index is 3.23. The Morgan fingerprint density at radius 1 is 1.06 bits per heavy atom. The first kappa shape index (κ1) is 17.6. The molecule has 0 aromatic heterocycles. The second-order valence-electron chi connectivity index (χ2n) is 4.37. The maximum atomic E-state index is 11.1. The first-order chi connectivity index (χ1) is 8.45. The number of nitrogens with one attached hydrogen (secondary N) is 1. The fourth-order valence-electron chi connectivity index (χ4n) is 0.886. The lowest BCUT2D eigenvalue weighted by Crippen LogP contribution is -2.33. The van der Waals surface area contributed by atoms with Gasteiger partial charge in [-0.1, -0.05) is 15.9 Å². The minimum absolute atomic E-state index is 0.262. The number of rotatable bonds is 9. The van der Waals surface area contributed by atoms with E-state index in [-0.39, 0.29) is 6.61 Å². The first-order valence-electron chi connectivity index (χ1n) is 5.78. The highest BCUT2D eigenvalue weighted by Crippen LogP contribution is 2.06. The summed E-state index contributed by atoms with van der Waals surface area (Å²) in [6.45, 7) is 7.70. The fraction of sp³-hybridized carbons (Fsp3) is 0.909. The number of amides is 1. The zero-order chi connectivity index (χ0) is 13.9. The zero-order valence-electron chi connectivity index (χ0n) is 11.2. The van der Waals surface area contributed by atoms with Crippen molar-refractivity contribution >= 4 is 22.0 Å². The summed E-state index contributed by atoms with van der Waals surface area (Å²) in [5, 5.41) is 0.815. The summed E-state index contributed by atoms with van der Waals surface area (Å²) in [4.78, 5) is 16.0. The van der Waals surface area contributed by atoms with Crippen LogP contribution in [0.15, 0.2) is 0 Å². The normalized spacial score (nSPS) is 11.3. The lowest BCUT2D eigenvalue weighted by molar-refractivity contribution is -0.0321. The molecule has 0 aliphatic rings. The van der Waals surface area contributed by atoms with Crippen molar-refractivity contribution in [1.82, 2.24) is 5.48 Å². The molecule has 0 saturated heterocycles. The number of hydrogen-bond acceptors (Lipinski definition) is 5. The zero-order valence-corrected chi connectivity index (χ0v) is 12.7. The van der Waals surface area contributed by atoms with Crippen molar-refractivity contribution in [2.75, 3.05) is 38.4 Å². The monoisotopic (exact) mass is 327 g/mol. The van der Waals surface area contributed by atoms with Crippen LogP contribution >= 0.6 is 15.9 Å². The van der Waals surface area contributed by atoms with Gasteiger partial charge in [-0.3, -0.25) is 4.84 Å². The van der Waals surface area contributed by atoms with Crippen molar-refractivity contribution in [3.8, 4) is 0 Å². The van der Waals surface area contributed by atoms with E-state index in [9.17, 15) is 4.79 Å². The van der Waals surface area contributed by atoms with Crippen LogP contribution in [0.3, 0.4) is 0 Å². The van der Waals surface area contributed by atoms with Gasteiger partial charge in [0.15, 0.2) is 0 Å². The van der Waals surface area contributed by atoms with E-state index in [0.717, 1.165) is 5.33 Å². The summed E-state index contributed by atoms with van der Waals surface area (Å²) >= 11 is 3.25. The third-order valence-electron chi connectivity index (χ3n) is 1.48. The van der Waals surface area contributed by atoms with Crippen molar-refractivity contribution < 1.29 is 23.8 Å². The molecule has 0 aromatic carbocycles. The maximum absolute atomic E-state index is 11.1. The molecule has 0 saturated carbocycles. The van der Waals surface area contributed by atoms with Crippen LogP contribution < -0.4 is 5.48 Å². The smallest absolute Gasteiger partial charge is 0.431 e. The van der Waals surface area contributed by atoms with Gasteiger partial charge in [0.25, 0.3) is 0 Å². The van der Waals surface area contributed by atoms with Crippen LogP contribution in [0.4, 0.5) is 4.79 Å². The largest absolute Gasteiger partial charge is 0.442 e. The molecule has 0 fully saturated rings. The molecule has 1 amide bonds. The van der Waals surface area contributed by atoms with E-state index in [1.807, 2.05) is 0 Å². The average molecular weight is 328 g/mol. The average Bonchev–Trinajstić information content (AvgIpc) is 2.24. The number of alkyl halides is 1. The molecule has 0 spiro atoms. The quantitative estimate of drug-likeness (QED) is 0.398. The summed E-state index contributed by atoms with van der Waals surface area (Å²) < 4.78 is 15.4. The Morgan fingerprint density at radius 3 is 2.17 bits per heavy atom. The van der Waals surface area contributed by atoms with E-state index in [1.165, 1.54) is 0 Å². The van der Waals surface area contributed by atoms with Crippen molar-refractivity contribution in [3.63, 3.8) is 0 Å². The minimum atomic E-state index is -0.608. The molecular formula is C11H22BrNO5. The molecule has 1 N–H and O–H groups in total. The second kappa shape index (κ2) is 10.5. The van der Waals surface area contributed by atoms with Gasteiger partial charge in [0.1, 0.15) is 5.60 Å². The van der Waals surface area contributed by atoms with Gasteiger partial charge in [-0.2, -0.15) is 5.48 Å². The molecule has 0 aromatic rings. The lowest BCUT2D eigenvalue weighted by Gasteiger charge is -2.19. The third-order valence-corrected chi connectivity index (χ3v) is 1.80. The molecule has 0 unspecified atom stereocenters. The van der Waals surface area contributed by atoms with Crippen LogP contribution in [0.5, 0.6) is 0 Å². The molecule has 0 bridgehead atoms. The predicted octanol–water partition coefficient (Wildman–Crippen LogP) is 1.87. The van der Waals surface area contributed by atoms with Crippen LogP contribution in [0.2, 0.25) is 0 Å². The summed E-state index contributed by atoms with van der Waals surface area (Å²) in [5.74, 6) is 0. The molecule has 0 heterocycles. The van der Waals surface area contributed by atoms with Gasteiger partial charge < -0.3 is 14.2 Å². The standard InChI is InChI=1S/C11H22BrNO5/c1-11(2,3)18-10(14)13-17-9-8-16-7-6-15-5-4-12/h4-9H2,1-3H3,(H,13,14). The topological polar surface area (TPSA) is 66.0 Å². The molecule has 18 heavy (non-hydrogen) atoms. The van der Waals surface area contributed by atoms with Gasteiger partial charge >= 0.3 is 6.09 Å². The van der Waals surface area contributed by atoms with Crippen molar-refractivity contribution in [2.24, 2.45) is 0 Å². The van der Waals surface area contributed by atoms with Gasteiger partial charge in [0.05, 0.1) is 33.0 Å². The Morgan fingerprint density at radius 2 is 1.61 bits per heavy atom. The van der Waals surface area contributed by atoms with Gasteiger partial charge in [0.2, 0.25) is 0 Å². The Labute approximate surface area is 116 Å². The number of carbonyl (C=O) groups excluding carboxylic acids is 1. The summed E-state index contributed by atoms with van der Waals surface area (Å²) in [6.07, 6.45) is -0.608. The number of ether oxygens (including phenoxy) is 3. The number of carbonyl (C=O) groups is 1. The van der Waals surface area contributed by atoms with Gasteiger partial charge in [-0.15, -0.1) is 0 Å². The van der Waals surface area contributed by atoms with Crippen LogP contribution in [-0.4, -0.2) is 50.1 Å². The number of halogens is 1. The van der Waals surface area contributed by atoms with E-state index in [0.29, 0.717) is 26.4 Å². The lowest BCUT2D eigenvalue weighted by atomic mass is 10.2. The SMILES string of the molecule is CC(C)(C)OC(=O)NOCCOCCOCCBr. The molecule has 0 atom stereocenters. The first-order valence-corrected chi connectivity index (χ1v) is 6.90. The van der Waals surface area contributed by atoms with Crippen LogP contribution in [-0.2, 0) is 19.0 Å². The fourth-order valence-corrected chi connectivity index (χ4v) is 1.11. The molecule has 0 aliphatic carbocycles. The summed E-state index contributed by atoms with van der Waals surface area (Å²) in [5.41, 5.74) is 1.64. The molecule has 6 nitrogen and oxygen atoms in total. The third kappa shape index (κ3) is 13.7. The van der Waals surface area contributed by atoms with E-state index in [1.54, 1.807) is 20.8 Å². The Kier molecular flexibility index (Phi) is 10.3. The molecule has 7 heteroatoms.